The third-order valence-corrected chi connectivity index (χ3v) is 6.22. The van der Waals surface area contributed by atoms with Gasteiger partial charge in [0.15, 0.2) is 0 Å². The van der Waals surface area contributed by atoms with Gasteiger partial charge in [-0.2, -0.15) is 5.10 Å². The van der Waals surface area contributed by atoms with Crippen LogP contribution >= 0.6 is 36.4 Å². The Labute approximate surface area is 205 Å². The van der Waals surface area contributed by atoms with E-state index in [-0.39, 0.29) is 36.8 Å². The van der Waals surface area contributed by atoms with Crippen LogP contribution in [0.25, 0.3) is 11.3 Å². The summed E-state index contributed by atoms with van der Waals surface area (Å²) in [6.07, 6.45) is 0. The first-order valence-corrected chi connectivity index (χ1v) is 10.7. The first-order valence-electron chi connectivity index (χ1n) is 10.4. The lowest BCUT2D eigenvalue weighted by molar-refractivity contribution is 0.0717. The van der Waals surface area contributed by atoms with Crippen LogP contribution in [0.1, 0.15) is 27.7 Å². The molecule has 2 aliphatic rings. The van der Waals surface area contributed by atoms with Crippen LogP contribution in [0.5, 0.6) is 0 Å². The summed E-state index contributed by atoms with van der Waals surface area (Å²) in [7, 11) is 0. The lowest BCUT2D eigenvalue weighted by Crippen LogP contribution is -2.46. The van der Waals surface area contributed by atoms with Gasteiger partial charge in [-0.1, -0.05) is 54.1 Å². The summed E-state index contributed by atoms with van der Waals surface area (Å²) in [5.74, 6) is 0.0155. The highest BCUT2D eigenvalue weighted by molar-refractivity contribution is 6.30. The molecule has 1 unspecified atom stereocenters. The SMILES string of the molecule is Cl.Cl.O=C1c2[nH]nc(-c3ccc(Cl)cc3)c2C(c2ccccc2)N1CCN1CCNCC1. The number of carbonyl (C=O) groups excluding carboxylic acids is 1. The molecule has 0 saturated carbocycles. The van der Waals surface area contributed by atoms with Crippen molar-refractivity contribution in [2.45, 2.75) is 6.04 Å². The summed E-state index contributed by atoms with van der Waals surface area (Å²) in [4.78, 5) is 17.8. The van der Waals surface area contributed by atoms with Crippen molar-refractivity contribution in [2.75, 3.05) is 39.3 Å². The third kappa shape index (κ3) is 4.65. The number of halogens is 3. The molecule has 6 nitrogen and oxygen atoms in total. The minimum Gasteiger partial charge on any atom is -0.325 e. The molecule has 1 atom stereocenters. The molecule has 170 valence electrons. The van der Waals surface area contributed by atoms with E-state index in [0.29, 0.717) is 17.3 Å². The molecule has 1 fully saturated rings. The van der Waals surface area contributed by atoms with Crippen LogP contribution in [-0.2, 0) is 0 Å². The van der Waals surface area contributed by atoms with Crippen molar-refractivity contribution in [1.82, 2.24) is 25.3 Å². The van der Waals surface area contributed by atoms with Gasteiger partial charge in [0.05, 0.1) is 11.7 Å². The zero-order valence-corrected chi connectivity index (χ0v) is 19.8. The van der Waals surface area contributed by atoms with E-state index in [2.05, 4.69) is 32.5 Å². The van der Waals surface area contributed by atoms with Crippen molar-refractivity contribution in [3.63, 3.8) is 0 Å². The van der Waals surface area contributed by atoms with Crippen molar-refractivity contribution in [3.05, 3.63) is 76.4 Å². The Balaban J connectivity index is 0.00000144. The second-order valence-electron chi connectivity index (χ2n) is 7.77. The van der Waals surface area contributed by atoms with E-state index in [4.69, 9.17) is 11.6 Å². The Morgan fingerprint density at radius 1 is 0.969 bits per heavy atom. The first-order chi connectivity index (χ1) is 14.7. The van der Waals surface area contributed by atoms with E-state index >= 15 is 0 Å². The molecular formula is C23H26Cl3N5O. The normalized spacial score (nSPS) is 18.1. The molecule has 1 aromatic heterocycles. The zero-order chi connectivity index (χ0) is 20.5. The van der Waals surface area contributed by atoms with Gasteiger partial charge in [0, 0.05) is 55.4 Å². The smallest absolute Gasteiger partial charge is 0.273 e. The van der Waals surface area contributed by atoms with Gasteiger partial charge < -0.3 is 10.2 Å². The summed E-state index contributed by atoms with van der Waals surface area (Å²) < 4.78 is 0. The maximum absolute atomic E-state index is 13.4. The van der Waals surface area contributed by atoms with E-state index in [1.165, 1.54) is 0 Å². The van der Waals surface area contributed by atoms with Gasteiger partial charge in [0.2, 0.25) is 0 Å². The highest BCUT2D eigenvalue weighted by atomic mass is 35.5. The summed E-state index contributed by atoms with van der Waals surface area (Å²) in [5.41, 5.74) is 4.41. The number of aromatic nitrogens is 2. The van der Waals surface area contributed by atoms with Crippen molar-refractivity contribution in [2.24, 2.45) is 0 Å². The number of hydrogen-bond acceptors (Lipinski definition) is 4. The fraction of sp³-hybridized carbons (Fsp3) is 0.304. The molecule has 1 saturated heterocycles. The third-order valence-electron chi connectivity index (χ3n) is 5.96. The number of fused-ring (bicyclic) bond motifs is 1. The molecule has 0 radical (unpaired) electrons. The van der Waals surface area contributed by atoms with Crippen LogP contribution in [0.3, 0.4) is 0 Å². The van der Waals surface area contributed by atoms with E-state index in [1.807, 2.05) is 47.4 Å². The number of H-pyrrole nitrogens is 1. The quantitative estimate of drug-likeness (QED) is 0.562. The van der Waals surface area contributed by atoms with Crippen molar-refractivity contribution < 1.29 is 4.79 Å². The second-order valence-corrected chi connectivity index (χ2v) is 8.21. The van der Waals surface area contributed by atoms with Gasteiger partial charge in [0.25, 0.3) is 5.91 Å². The lowest BCUT2D eigenvalue weighted by atomic mass is 9.96. The summed E-state index contributed by atoms with van der Waals surface area (Å²) in [6.45, 7) is 5.58. The molecule has 9 heteroatoms. The van der Waals surface area contributed by atoms with Crippen LogP contribution in [0.15, 0.2) is 54.6 Å². The van der Waals surface area contributed by atoms with E-state index in [9.17, 15) is 4.79 Å². The average molecular weight is 495 g/mol. The predicted molar refractivity (Wildman–Crippen MR) is 132 cm³/mol. The monoisotopic (exact) mass is 493 g/mol. The van der Waals surface area contributed by atoms with E-state index in [1.54, 1.807) is 0 Å². The Kier molecular flexibility index (Phi) is 8.20. The molecule has 2 N–H and O–H groups in total. The van der Waals surface area contributed by atoms with Crippen molar-refractivity contribution in [3.8, 4) is 11.3 Å². The van der Waals surface area contributed by atoms with Gasteiger partial charge >= 0.3 is 0 Å². The van der Waals surface area contributed by atoms with Gasteiger partial charge in [-0.3, -0.25) is 14.8 Å². The number of piperazine rings is 1. The highest BCUT2D eigenvalue weighted by Crippen LogP contribution is 2.42. The Morgan fingerprint density at radius 2 is 1.66 bits per heavy atom. The number of rotatable bonds is 5. The molecule has 3 aromatic rings. The number of nitrogens with one attached hydrogen (secondary N) is 2. The minimum absolute atomic E-state index is 0. The molecule has 32 heavy (non-hydrogen) atoms. The number of carbonyl (C=O) groups is 1. The maximum atomic E-state index is 13.4. The van der Waals surface area contributed by atoms with Gasteiger partial charge in [-0.25, -0.2) is 0 Å². The van der Waals surface area contributed by atoms with Crippen LogP contribution in [0, 0.1) is 0 Å². The second kappa shape index (κ2) is 10.7. The summed E-state index contributed by atoms with van der Waals surface area (Å²) in [5, 5.41) is 11.6. The molecule has 2 aromatic carbocycles. The number of hydrogen-bond donors (Lipinski definition) is 2. The van der Waals surface area contributed by atoms with Gasteiger partial charge in [0.1, 0.15) is 5.69 Å². The molecule has 2 aliphatic heterocycles. The molecule has 5 rings (SSSR count). The predicted octanol–water partition coefficient (Wildman–Crippen LogP) is 4.02. The van der Waals surface area contributed by atoms with Crippen LogP contribution in [0.4, 0.5) is 0 Å². The largest absolute Gasteiger partial charge is 0.325 e. The van der Waals surface area contributed by atoms with Crippen molar-refractivity contribution in [1.29, 1.82) is 0 Å². The molecule has 1 amide bonds. The number of aromatic amines is 1. The number of nitrogens with zero attached hydrogens (tertiary/aromatic N) is 3. The Morgan fingerprint density at radius 3 is 2.34 bits per heavy atom. The fourth-order valence-corrected chi connectivity index (χ4v) is 4.55. The fourth-order valence-electron chi connectivity index (χ4n) is 4.42. The average Bonchev–Trinajstić information content (AvgIpc) is 3.33. The molecule has 0 spiro atoms. The van der Waals surface area contributed by atoms with Gasteiger partial charge in [-0.05, 0) is 17.7 Å². The summed E-state index contributed by atoms with van der Waals surface area (Å²) >= 11 is 6.08. The molecule has 0 bridgehead atoms. The van der Waals surface area contributed by atoms with Crippen LogP contribution in [0.2, 0.25) is 5.02 Å². The Hall–Kier alpha value is -2.09. The standard InChI is InChI=1S/C23H24ClN5O.2ClH/c24-18-8-6-16(7-9-18)20-19-21(27-26-20)23(30)29(15-14-28-12-10-25-11-13-28)22(19)17-4-2-1-3-5-17;;/h1-9,22,25H,10-15H2,(H,26,27);2*1H. The number of benzene rings is 2. The first kappa shape index (κ1) is 24.6. The minimum atomic E-state index is -0.152. The molecule has 0 aliphatic carbocycles. The number of amides is 1. The van der Waals surface area contributed by atoms with Crippen LogP contribution in [-0.4, -0.2) is 65.2 Å². The molecule has 3 heterocycles. The van der Waals surface area contributed by atoms with E-state index in [0.717, 1.165) is 55.1 Å². The maximum Gasteiger partial charge on any atom is 0.273 e. The van der Waals surface area contributed by atoms with Crippen molar-refractivity contribution >= 4 is 42.3 Å². The topological polar surface area (TPSA) is 64.3 Å². The highest BCUT2D eigenvalue weighted by Gasteiger charge is 2.42. The van der Waals surface area contributed by atoms with E-state index < -0.39 is 0 Å². The zero-order valence-electron chi connectivity index (χ0n) is 17.5. The van der Waals surface area contributed by atoms with Gasteiger partial charge in [-0.15, -0.1) is 24.8 Å². The lowest BCUT2D eigenvalue weighted by Gasteiger charge is -2.31. The molecular weight excluding hydrogens is 469 g/mol. The Bertz CT molecular complexity index is 1040. The summed E-state index contributed by atoms with van der Waals surface area (Å²) in [6, 6.07) is 17.7. The van der Waals surface area contributed by atoms with Crippen LogP contribution < -0.4 is 5.32 Å².